The standard InChI is InChI=1S/C13H15NO6/c1-2-5-20-13(19)14-9(12(17)18)6-8-3-4-10(15)11(16)7-8/h2-4,7,9,15-16H,1,5-6H2,(H,14,19)(H,17,18)/t9-/m0/s1. The summed E-state index contributed by atoms with van der Waals surface area (Å²) in [4.78, 5) is 22.4. The van der Waals surface area contributed by atoms with Crippen LogP contribution in [0.15, 0.2) is 30.9 Å². The smallest absolute Gasteiger partial charge is 0.408 e. The normalized spacial score (nSPS) is 11.4. The average Bonchev–Trinajstić information content (AvgIpc) is 2.39. The van der Waals surface area contributed by atoms with E-state index in [0.29, 0.717) is 5.56 Å². The number of phenolic OH excluding ortho intramolecular Hbond substituents is 2. The molecule has 0 saturated heterocycles. The summed E-state index contributed by atoms with van der Waals surface area (Å²) in [6.45, 7) is 3.33. The summed E-state index contributed by atoms with van der Waals surface area (Å²) in [5.74, 6) is -1.91. The molecule has 0 fully saturated rings. The molecule has 0 unspecified atom stereocenters. The van der Waals surface area contributed by atoms with Crippen molar-refractivity contribution in [2.75, 3.05) is 6.61 Å². The molecule has 0 saturated carbocycles. The second-order valence-corrected chi connectivity index (χ2v) is 3.95. The number of ether oxygens (including phenoxy) is 1. The number of carbonyl (C=O) groups is 2. The first-order chi connectivity index (χ1) is 9.43. The Bertz CT molecular complexity index is 514. The minimum atomic E-state index is -1.24. The summed E-state index contributed by atoms with van der Waals surface area (Å²) in [5.41, 5.74) is 0.441. The molecule has 0 aliphatic heterocycles. The van der Waals surface area contributed by atoms with E-state index in [1.165, 1.54) is 24.3 Å². The third kappa shape index (κ3) is 4.52. The van der Waals surface area contributed by atoms with Crippen LogP contribution in [-0.2, 0) is 16.0 Å². The Morgan fingerprint density at radius 2 is 2.05 bits per heavy atom. The van der Waals surface area contributed by atoms with Crippen LogP contribution in [-0.4, -0.2) is 40.0 Å². The molecule has 0 bridgehead atoms. The van der Waals surface area contributed by atoms with Crippen molar-refractivity contribution in [1.29, 1.82) is 0 Å². The molecule has 0 spiro atoms. The van der Waals surface area contributed by atoms with E-state index >= 15 is 0 Å². The van der Waals surface area contributed by atoms with Gasteiger partial charge in [0.15, 0.2) is 11.5 Å². The van der Waals surface area contributed by atoms with Crippen molar-refractivity contribution in [2.45, 2.75) is 12.5 Å². The highest BCUT2D eigenvalue weighted by atomic mass is 16.5. The molecule has 108 valence electrons. The highest BCUT2D eigenvalue weighted by Crippen LogP contribution is 2.25. The van der Waals surface area contributed by atoms with Crippen molar-refractivity contribution in [3.05, 3.63) is 36.4 Å². The zero-order valence-electron chi connectivity index (χ0n) is 10.6. The zero-order valence-corrected chi connectivity index (χ0v) is 10.6. The van der Waals surface area contributed by atoms with Crippen LogP contribution in [0.5, 0.6) is 11.5 Å². The molecule has 1 aromatic rings. The molecule has 1 atom stereocenters. The average molecular weight is 281 g/mol. The van der Waals surface area contributed by atoms with E-state index in [2.05, 4.69) is 16.6 Å². The van der Waals surface area contributed by atoms with Gasteiger partial charge in [0.1, 0.15) is 12.6 Å². The van der Waals surface area contributed by atoms with Crippen LogP contribution in [0, 0.1) is 0 Å². The Morgan fingerprint density at radius 1 is 1.35 bits per heavy atom. The number of alkyl carbamates (subject to hydrolysis) is 1. The quantitative estimate of drug-likeness (QED) is 0.456. The fraction of sp³-hybridized carbons (Fsp3) is 0.231. The maximum atomic E-state index is 11.3. The molecule has 7 heteroatoms. The monoisotopic (exact) mass is 281 g/mol. The van der Waals surface area contributed by atoms with Gasteiger partial charge in [-0.05, 0) is 17.7 Å². The van der Waals surface area contributed by atoms with Crippen LogP contribution in [0.1, 0.15) is 5.56 Å². The molecule has 7 nitrogen and oxygen atoms in total. The number of carboxylic acid groups (broad SMARTS) is 1. The van der Waals surface area contributed by atoms with Crippen LogP contribution in [0.2, 0.25) is 0 Å². The number of amides is 1. The molecule has 0 heterocycles. The van der Waals surface area contributed by atoms with Crippen molar-refractivity contribution in [3.8, 4) is 11.5 Å². The van der Waals surface area contributed by atoms with Crippen LogP contribution < -0.4 is 5.32 Å². The van der Waals surface area contributed by atoms with Gasteiger partial charge in [-0.15, -0.1) is 0 Å². The van der Waals surface area contributed by atoms with Gasteiger partial charge in [0, 0.05) is 6.42 Å². The summed E-state index contributed by atoms with van der Waals surface area (Å²) in [6.07, 6.45) is 0.417. The Hall–Kier alpha value is -2.70. The maximum absolute atomic E-state index is 11.3. The summed E-state index contributed by atoms with van der Waals surface area (Å²) < 4.78 is 4.63. The van der Waals surface area contributed by atoms with E-state index in [0.717, 1.165) is 0 Å². The van der Waals surface area contributed by atoms with Crippen molar-refractivity contribution in [2.24, 2.45) is 0 Å². The number of hydrogen-bond acceptors (Lipinski definition) is 5. The third-order valence-corrected chi connectivity index (χ3v) is 2.40. The Labute approximate surface area is 115 Å². The van der Waals surface area contributed by atoms with Gasteiger partial charge in [-0.25, -0.2) is 9.59 Å². The number of phenols is 2. The number of aliphatic carboxylic acids is 1. The number of hydrogen-bond donors (Lipinski definition) is 4. The molecule has 0 radical (unpaired) electrons. The predicted molar refractivity (Wildman–Crippen MR) is 69.6 cm³/mol. The molecule has 1 aromatic carbocycles. The topological polar surface area (TPSA) is 116 Å². The lowest BCUT2D eigenvalue weighted by Crippen LogP contribution is -2.42. The van der Waals surface area contributed by atoms with Crippen LogP contribution >= 0.6 is 0 Å². The lowest BCUT2D eigenvalue weighted by molar-refractivity contribution is -0.139. The number of carboxylic acids is 1. The van der Waals surface area contributed by atoms with Crippen molar-refractivity contribution >= 4 is 12.1 Å². The van der Waals surface area contributed by atoms with E-state index in [9.17, 15) is 14.7 Å². The highest BCUT2D eigenvalue weighted by molar-refractivity contribution is 5.80. The number of benzene rings is 1. The number of carbonyl (C=O) groups excluding carboxylic acids is 1. The minimum absolute atomic E-state index is 0.0296. The van der Waals surface area contributed by atoms with Crippen LogP contribution in [0.4, 0.5) is 4.79 Å². The molecule has 4 N–H and O–H groups in total. The zero-order chi connectivity index (χ0) is 15.1. The van der Waals surface area contributed by atoms with Crippen LogP contribution in [0.25, 0.3) is 0 Å². The van der Waals surface area contributed by atoms with Gasteiger partial charge < -0.3 is 25.4 Å². The van der Waals surface area contributed by atoms with E-state index in [1.807, 2.05) is 0 Å². The molecular formula is C13H15NO6. The Kier molecular flexibility index (Phi) is 5.40. The summed E-state index contributed by atoms with van der Waals surface area (Å²) >= 11 is 0. The first kappa shape index (κ1) is 15.4. The molecule has 0 aromatic heterocycles. The molecule has 1 rings (SSSR count). The van der Waals surface area contributed by atoms with Gasteiger partial charge in [-0.3, -0.25) is 0 Å². The molecule has 1 amide bonds. The predicted octanol–water partition coefficient (Wildman–Crippen LogP) is 1.01. The Morgan fingerprint density at radius 3 is 2.60 bits per heavy atom. The van der Waals surface area contributed by atoms with Crippen LogP contribution in [0.3, 0.4) is 0 Å². The fourth-order valence-electron chi connectivity index (χ4n) is 1.45. The van der Waals surface area contributed by atoms with Crippen molar-refractivity contribution in [3.63, 3.8) is 0 Å². The lowest BCUT2D eigenvalue weighted by atomic mass is 10.1. The van der Waals surface area contributed by atoms with Crippen molar-refractivity contribution in [1.82, 2.24) is 5.32 Å². The first-order valence-corrected chi connectivity index (χ1v) is 5.72. The maximum Gasteiger partial charge on any atom is 0.408 e. The van der Waals surface area contributed by atoms with E-state index in [-0.39, 0.29) is 24.5 Å². The van der Waals surface area contributed by atoms with Gasteiger partial charge in [0.2, 0.25) is 0 Å². The summed E-state index contributed by atoms with van der Waals surface area (Å²) in [5, 5.41) is 29.7. The SMILES string of the molecule is C=CCOC(=O)N[C@@H](Cc1ccc(O)c(O)c1)C(=O)O. The number of rotatable bonds is 6. The highest BCUT2D eigenvalue weighted by Gasteiger charge is 2.21. The van der Waals surface area contributed by atoms with E-state index in [1.54, 1.807) is 0 Å². The third-order valence-electron chi connectivity index (χ3n) is 2.40. The fourth-order valence-corrected chi connectivity index (χ4v) is 1.45. The van der Waals surface area contributed by atoms with Gasteiger partial charge >= 0.3 is 12.1 Å². The summed E-state index contributed by atoms with van der Waals surface area (Å²) in [7, 11) is 0. The Balaban J connectivity index is 2.71. The molecule has 20 heavy (non-hydrogen) atoms. The van der Waals surface area contributed by atoms with Gasteiger partial charge in [0.25, 0.3) is 0 Å². The second-order valence-electron chi connectivity index (χ2n) is 3.95. The van der Waals surface area contributed by atoms with Gasteiger partial charge in [0.05, 0.1) is 0 Å². The van der Waals surface area contributed by atoms with Gasteiger partial charge in [-0.1, -0.05) is 18.7 Å². The van der Waals surface area contributed by atoms with Crippen molar-refractivity contribution < 1.29 is 29.6 Å². The first-order valence-electron chi connectivity index (χ1n) is 5.72. The second kappa shape index (κ2) is 7.03. The number of aromatic hydroxyl groups is 2. The lowest BCUT2D eigenvalue weighted by Gasteiger charge is -2.14. The molecular weight excluding hydrogens is 266 g/mol. The minimum Gasteiger partial charge on any atom is -0.504 e. The van der Waals surface area contributed by atoms with E-state index < -0.39 is 18.1 Å². The molecule has 0 aliphatic carbocycles. The van der Waals surface area contributed by atoms with E-state index in [4.69, 9.17) is 10.2 Å². The largest absolute Gasteiger partial charge is 0.504 e. The summed E-state index contributed by atoms with van der Waals surface area (Å²) in [6, 6.07) is 2.69. The molecule has 0 aliphatic rings. The van der Waals surface area contributed by atoms with Gasteiger partial charge in [-0.2, -0.15) is 0 Å². The number of nitrogens with one attached hydrogen (secondary N) is 1.